The van der Waals surface area contributed by atoms with E-state index in [1.54, 1.807) is 18.2 Å². The standard InChI is InChI=1S/C21H26Cl2N2O5S/c22-15-13-19-18(20(23)14-15)5-6-21(19)30-16-1-3-17(4-2-16)31(26,27)25-8-10-29-12-11-28-9-7-24/h1-4,13-14,21,25H,5-12,24H2. The molecule has 1 aliphatic carbocycles. The molecule has 3 rings (SSSR count). The SMILES string of the molecule is NCCOCCOCCNS(=O)(=O)c1ccc(OC2CCc3c(Cl)cc(Cl)cc32)cc1. The van der Waals surface area contributed by atoms with Crippen molar-refractivity contribution in [2.75, 3.05) is 39.5 Å². The Balaban J connectivity index is 1.50. The first-order chi connectivity index (χ1) is 14.9. The maximum Gasteiger partial charge on any atom is 0.240 e. The summed E-state index contributed by atoms with van der Waals surface area (Å²) in [5.41, 5.74) is 7.34. The average Bonchev–Trinajstić information content (AvgIpc) is 3.13. The zero-order valence-corrected chi connectivity index (χ0v) is 19.3. The normalized spacial score (nSPS) is 15.8. The van der Waals surface area contributed by atoms with E-state index in [4.69, 9.17) is 43.1 Å². The molecule has 0 amide bonds. The van der Waals surface area contributed by atoms with Gasteiger partial charge >= 0.3 is 0 Å². The molecule has 0 aromatic heterocycles. The van der Waals surface area contributed by atoms with Gasteiger partial charge in [0, 0.05) is 23.1 Å². The van der Waals surface area contributed by atoms with Crippen LogP contribution in [0.25, 0.3) is 0 Å². The predicted octanol–water partition coefficient (Wildman–Crippen LogP) is 3.33. The zero-order valence-electron chi connectivity index (χ0n) is 17.0. The van der Waals surface area contributed by atoms with Gasteiger partial charge in [0.2, 0.25) is 10.0 Å². The highest BCUT2D eigenvalue weighted by Crippen LogP contribution is 2.40. The summed E-state index contributed by atoms with van der Waals surface area (Å²) in [6.45, 7) is 2.16. The van der Waals surface area contributed by atoms with Gasteiger partial charge in [0.15, 0.2) is 0 Å². The summed E-state index contributed by atoms with van der Waals surface area (Å²) in [5, 5.41) is 1.21. The summed E-state index contributed by atoms with van der Waals surface area (Å²) in [7, 11) is -3.63. The fourth-order valence-corrected chi connectivity index (χ4v) is 4.94. The van der Waals surface area contributed by atoms with Gasteiger partial charge in [0.25, 0.3) is 0 Å². The summed E-state index contributed by atoms with van der Waals surface area (Å²) in [5.74, 6) is 0.578. The van der Waals surface area contributed by atoms with Crippen molar-refractivity contribution in [2.24, 2.45) is 5.73 Å². The molecule has 0 bridgehead atoms. The van der Waals surface area contributed by atoms with Crippen LogP contribution >= 0.6 is 23.2 Å². The molecule has 1 unspecified atom stereocenters. The minimum absolute atomic E-state index is 0.157. The molecule has 0 heterocycles. The van der Waals surface area contributed by atoms with Crippen molar-refractivity contribution in [3.8, 4) is 5.75 Å². The fourth-order valence-electron chi connectivity index (χ4n) is 3.33. The Labute approximate surface area is 192 Å². The molecule has 0 spiro atoms. The number of hydrogen-bond acceptors (Lipinski definition) is 6. The van der Waals surface area contributed by atoms with Gasteiger partial charge in [0.05, 0.1) is 31.3 Å². The highest BCUT2D eigenvalue weighted by molar-refractivity contribution is 7.89. The maximum atomic E-state index is 12.4. The molecule has 0 radical (unpaired) electrons. The third-order valence-corrected chi connectivity index (χ3v) is 6.82. The van der Waals surface area contributed by atoms with Gasteiger partial charge in [-0.15, -0.1) is 0 Å². The molecule has 1 atom stereocenters. The Kier molecular flexibility index (Phi) is 8.97. The van der Waals surface area contributed by atoms with Crippen molar-refractivity contribution in [2.45, 2.75) is 23.8 Å². The van der Waals surface area contributed by atoms with E-state index in [9.17, 15) is 8.42 Å². The summed E-state index contributed by atoms with van der Waals surface area (Å²) in [6, 6.07) is 9.92. The summed E-state index contributed by atoms with van der Waals surface area (Å²) in [6.07, 6.45) is 1.43. The quantitative estimate of drug-likeness (QED) is 0.444. The lowest BCUT2D eigenvalue weighted by atomic mass is 10.1. The summed E-state index contributed by atoms with van der Waals surface area (Å²) in [4.78, 5) is 0.157. The summed E-state index contributed by atoms with van der Waals surface area (Å²) < 4.78 is 43.9. The first-order valence-electron chi connectivity index (χ1n) is 10.0. The lowest BCUT2D eigenvalue weighted by molar-refractivity contribution is 0.0530. The van der Waals surface area contributed by atoms with E-state index in [0.717, 1.165) is 24.0 Å². The van der Waals surface area contributed by atoms with Gasteiger partial charge in [0.1, 0.15) is 11.9 Å². The van der Waals surface area contributed by atoms with Crippen LogP contribution in [0.2, 0.25) is 10.0 Å². The molecule has 2 aromatic rings. The van der Waals surface area contributed by atoms with E-state index in [-0.39, 0.29) is 24.2 Å². The first kappa shape index (κ1) is 24.3. The maximum absolute atomic E-state index is 12.4. The molecule has 10 heteroatoms. The Morgan fingerprint density at radius 2 is 1.74 bits per heavy atom. The second-order valence-corrected chi connectivity index (χ2v) is 9.59. The number of rotatable bonds is 12. The second-order valence-electron chi connectivity index (χ2n) is 6.98. The van der Waals surface area contributed by atoms with Crippen molar-refractivity contribution in [1.29, 1.82) is 0 Å². The summed E-state index contributed by atoms with van der Waals surface area (Å²) >= 11 is 12.4. The van der Waals surface area contributed by atoms with Gasteiger partial charge < -0.3 is 19.9 Å². The lowest BCUT2D eigenvalue weighted by Crippen LogP contribution is -2.28. The van der Waals surface area contributed by atoms with Crippen LogP contribution < -0.4 is 15.2 Å². The molecular formula is C21H26Cl2N2O5S. The van der Waals surface area contributed by atoms with Gasteiger partial charge in [-0.25, -0.2) is 13.1 Å². The molecule has 0 saturated heterocycles. The molecular weight excluding hydrogens is 463 g/mol. The fraction of sp³-hybridized carbons (Fsp3) is 0.429. The van der Waals surface area contributed by atoms with Crippen LogP contribution in [-0.4, -0.2) is 47.9 Å². The van der Waals surface area contributed by atoms with Crippen LogP contribution in [0.4, 0.5) is 0 Å². The molecule has 1 aliphatic rings. The third kappa shape index (κ3) is 6.79. The van der Waals surface area contributed by atoms with Crippen molar-refractivity contribution >= 4 is 33.2 Å². The predicted molar refractivity (Wildman–Crippen MR) is 120 cm³/mol. The Morgan fingerprint density at radius 3 is 2.45 bits per heavy atom. The number of nitrogens with one attached hydrogen (secondary N) is 1. The monoisotopic (exact) mass is 488 g/mol. The van der Waals surface area contributed by atoms with Crippen LogP contribution in [0.15, 0.2) is 41.3 Å². The molecule has 0 saturated carbocycles. The number of halogens is 2. The number of hydrogen-bond donors (Lipinski definition) is 2. The minimum Gasteiger partial charge on any atom is -0.486 e. The van der Waals surface area contributed by atoms with Crippen molar-refractivity contribution in [3.63, 3.8) is 0 Å². The van der Waals surface area contributed by atoms with Crippen LogP contribution in [0.3, 0.4) is 0 Å². The number of sulfonamides is 1. The Morgan fingerprint density at radius 1 is 1.03 bits per heavy atom. The van der Waals surface area contributed by atoms with Crippen LogP contribution in [0, 0.1) is 0 Å². The van der Waals surface area contributed by atoms with Gasteiger partial charge in [-0.1, -0.05) is 23.2 Å². The third-order valence-electron chi connectivity index (χ3n) is 4.78. The average molecular weight is 489 g/mol. The smallest absolute Gasteiger partial charge is 0.240 e. The van der Waals surface area contributed by atoms with E-state index in [2.05, 4.69) is 4.72 Å². The number of fused-ring (bicyclic) bond motifs is 1. The van der Waals surface area contributed by atoms with Crippen molar-refractivity contribution in [1.82, 2.24) is 4.72 Å². The van der Waals surface area contributed by atoms with Gasteiger partial charge in [-0.05, 0) is 60.4 Å². The topological polar surface area (TPSA) is 99.9 Å². The molecule has 3 N–H and O–H groups in total. The van der Waals surface area contributed by atoms with E-state index in [0.29, 0.717) is 42.2 Å². The number of nitrogens with two attached hydrogens (primary N) is 1. The largest absolute Gasteiger partial charge is 0.486 e. The van der Waals surface area contributed by atoms with Crippen LogP contribution in [-0.2, 0) is 25.9 Å². The molecule has 2 aromatic carbocycles. The minimum atomic E-state index is -3.63. The Bertz CT molecular complexity index is 970. The zero-order chi connectivity index (χ0) is 22.3. The molecule has 170 valence electrons. The van der Waals surface area contributed by atoms with E-state index >= 15 is 0 Å². The van der Waals surface area contributed by atoms with Crippen LogP contribution in [0.5, 0.6) is 5.75 Å². The van der Waals surface area contributed by atoms with E-state index in [1.165, 1.54) is 12.1 Å². The number of ether oxygens (including phenoxy) is 3. The highest BCUT2D eigenvalue weighted by Gasteiger charge is 2.27. The lowest BCUT2D eigenvalue weighted by Gasteiger charge is -2.16. The number of benzene rings is 2. The van der Waals surface area contributed by atoms with E-state index < -0.39 is 10.0 Å². The second kappa shape index (κ2) is 11.5. The molecule has 31 heavy (non-hydrogen) atoms. The van der Waals surface area contributed by atoms with Crippen LogP contribution in [0.1, 0.15) is 23.7 Å². The van der Waals surface area contributed by atoms with Gasteiger partial charge in [-0.2, -0.15) is 0 Å². The van der Waals surface area contributed by atoms with Crippen molar-refractivity contribution < 1.29 is 22.6 Å². The highest BCUT2D eigenvalue weighted by atomic mass is 35.5. The van der Waals surface area contributed by atoms with Crippen molar-refractivity contribution in [3.05, 3.63) is 57.6 Å². The van der Waals surface area contributed by atoms with E-state index in [1.807, 2.05) is 6.07 Å². The molecule has 0 aliphatic heterocycles. The molecule has 7 nitrogen and oxygen atoms in total. The van der Waals surface area contributed by atoms with Gasteiger partial charge in [-0.3, -0.25) is 0 Å². The Hall–Kier alpha value is -1.39. The molecule has 0 fully saturated rings. The first-order valence-corrected chi connectivity index (χ1v) is 12.2.